The first kappa shape index (κ1) is 10.6. The molecular weight excluding hydrogens is 180 g/mol. The number of carbonyl (C=O) groups excluding carboxylic acids is 1. The van der Waals surface area contributed by atoms with E-state index in [0.29, 0.717) is 0 Å². The number of allylic oxidation sites excluding steroid dienone is 1. The molecule has 0 aromatic heterocycles. The van der Waals surface area contributed by atoms with Gasteiger partial charge in [-0.2, -0.15) is 0 Å². The monoisotopic (exact) mass is 196 g/mol. The van der Waals surface area contributed by atoms with Gasteiger partial charge in [0.2, 0.25) is 6.29 Å². The molecular formula is C9H16N4O. The van der Waals surface area contributed by atoms with Crippen molar-refractivity contribution >= 4 is 11.7 Å². The Labute approximate surface area is 83.8 Å². The number of rotatable bonds is 0. The number of amidine groups is 1. The highest BCUT2D eigenvalue weighted by atomic mass is 16.2. The fourth-order valence-corrected chi connectivity index (χ4v) is 1.28. The topological polar surface area (TPSA) is 56.7 Å². The summed E-state index contributed by atoms with van der Waals surface area (Å²) >= 11 is 0. The fraction of sp³-hybridized carbons (Fsp3) is 0.556. The van der Waals surface area contributed by atoms with Gasteiger partial charge in [0.15, 0.2) is 0 Å². The molecule has 14 heavy (non-hydrogen) atoms. The summed E-state index contributed by atoms with van der Waals surface area (Å²) in [5.41, 5.74) is 3.70. The van der Waals surface area contributed by atoms with E-state index in [9.17, 15) is 4.79 Å². The molecule has 5 heteroatoms. The predicted molar refractivity (Wildman–Crippen MR) is 55.1 cm³/mol. The number of hydrazine groups is 1. The number of carbonyl (C=O) groups is 1. The van der Waals surface area contributed by atoms with Crippen molar-refractivity contribution in [3.63, 3.8) is 0 Å². The van der Waals surface area contributed by atoms with Crippen LogP contribution in [0.3, 0.4) is 0 Å². The maximum Gasteiger partial charge on any atom is 0.270 e. The van der Waals surface area contributed by atoms with Crippen LogP contribution in [-0.2, 0) is 4.79 Å². The number of amides is 1. The summed E-state index contributed by atoms with van der Waals surface area (Å²) in [5.74, 6) is 0.695. The van der Waals surface area contributed by atoms with E-state index in [4.69, 9.17) is 0 Å². The van der Waals surface area contributed by atoms with E-state index in [1.54, 1.807) is 0 Å². The number of nitrogens with zero attached hydrogens (tertiary/aromatic N) is 2. The lowest BCUT2D eigenvalue weighted by molar-refractivity contribution is -0.130. The lowest BCUT2D eigenvalue weighted by atomic mass is 10.3. The molecule has 0 aromatic rings. The van der Waals surface area contributed by atoms with E-state index in [2.05, 4.69) is 15.7 Å². The van der Waals surface area contributed by atoms with Gasteiger partial charge in [0.25, 0.3) is 5.91 Å². The van der Waals surface area contributed by atoms with Crippen LogP contribution in [-0.4, -0.2) is 23.0 Å². The van der Waals surface area contributed by atoms with E-state index in [0.717, 1.165) is 11.5 Å². The Morgan fingerprint density at radius 1 is 1.43 bits per heavy atom. The fourth-order valence-electron chi connectivity index (χ4n) is 1.28. The molecule has 78 valence electrons. The lowest BCUT2D eigenvalue weighted by Gasteiger charge is -2.27. The molecule has 0 saturated carbocycles. The third-order valence-electron chi connectivity index (χ3n) is 1.78. The SMILES string of the molecule is CC.CC1=CC(=O)N2NC(C)=NC2N1. The third-order valence-corrected chi connectivity index (χ3v) is 1.78. The highest BCUT2D eigenvalue weighted by Crippen LogP contribution is 2.11. The zero-order chi connectivity index (χ0) is 10.7. The first-order valence-electron chi connectivity index (χ1n) is 4.76. The Bertz CT molecular complexity index is 295. The van der Waals surface area contributed by atoms with Crippen molar-refractivity contribution in [3.8, 4) is 0 Å². The average molecular weight is 196 g/mol. The first-order chi connectivity index (χ1) is 6.66. The van der Waals surface area contributed by atoms with E-state index in [1.807, 2.05) is 27.7 Å². The van der Waals surface area contributed by atoms with Crippen molar-refractivity contribution in [2.24, 2.45) is 4.99 Å². The van der Waals surface area contributed by atoms with Gasteiger partial charge in [-0.1, -0.05) is 13.8 Å². The summed E-state index contributed by atoms with van der Waals surface area (Å²) in [7, 11) is 0. The molecule has 2 aliphatic rings. The molecule has 0 saturated heterocycles. The Kier molecular flexibility index (Phi) is 3.11. The minimum absolute atomic E-state index is 0.0585. The molecule has 2 heterocycles. The van der Waals surface area contributed by atoms with Crippen LogP contribution >= 0.6 is 0 Å². The highest BCUT2D eigenvalue weighted by molar-refractivity contribution is 5.93. The van der Waals surface area contributed by atoms with Gasteiger partial charge in [-0.05, 0) is 13.8 Å². The van der Waals surface area contributed by atoms with Crippen LogP contribution in [0.1, 0.15) is 27.7 Å². The number of hydrogen-bond donors (Lipinski definition) is 2. The largest absolute Gasteiger partial charge is 0.349 e. The van der Waals surface area contributed by atoms with Gasteiger partial charge in [-0.3, -0.25) is 10.2 Å². The van der Waals surface area contributed by atoms with Crippen LogP contribution in [0.5, 0.6) is 0 Å². The zero-order valence-electron chi connectivity index (χ0n) is 8.96. The van der Waals surface area contributed by atoms with Gasteiger partial charge in [0.05, 0.1) is 0 Å². The molecule has 0 spiro atoms. The minimum Gasteiger partial charge on any atom is -0.349 e. The van der Waals surface area contributed by atoms with Gasteiger partial charge in [0.1, 0.15) is 5.84 Å². The molecule has 1 amide bonds. The van der Waals surface area contributed by atoms with Crippen molar-refractivity contribution < 1.29 is 4.79 Å². The van der Waals surface area contributed by atoms with Crippen molar-refractivity contribution in [2.75, 3.05) is 0 Å². The van der Waals surface area contributed by atoms with Crippen LogP contribution < -0.4 is 10.7 Å². The highest BCUT2D eigenvalue weighted by Gasteiger charge is 2.30. The van der Waals surface area contributed by atoms with E-state index >= 15 is 0 Å². The Balaban J connectivity index is 0.000000461. The Hall–Kier alpha value is -1.52. The second-order valence-electron chi connectivity index (χ2n) is 2.88. The smallest absolute Gasteiger partial charge is 0.270 e. The Morgan fingerprint density at radius 2 is 2.07 bits per heavy atom. The molecule has 2 aliphatic heterocycles. The molecule has 2 rings (SSSR count). The quantitative estimate of drug-likeness (QED) is 0.595. The lowest BCUT2D eigenvalue weighted by Crippen LogP contribution is -2.52. The summed E-state index contributed by atoms with van der Waals surface area (Å²) in [6.07, 6.45) is 1.28. The van der Waals surface area contributed by atoms with Gasteiger partial charge >= 0.3 is 0 Å². The Morgan fingerprint density at radius 3 is 2.71 bits per heavy atom. The second kappa shape index (κ2) is 4.13. The summed E-state index contributed by atoms with van der Waals surface area (Å²) in [6.45, 7) is 7.67. The average Bonchev–Trinajstić information content (AvgIpc) is 2.49. The second-order valence-corrected chi connectivity index (χ2v) is 2.88. The number of aliphatic imine (C=N–C) groups is 1. The van der Waals surface area contributed by atoms with Crippen LogP contribution in [0.25, 0.3) is 0 Å². The summed E-state index contributed by atoms with van der Waals surface area (Å²) < 4.78 is 0. The zero-order valence-corrected chi connectivity index (χ0v) is 8.96. The van der Waals surface area contributed by atoms with Crippen molar-refractivity contribution in [3.05, 3.63) is 11.8 Å². The number of nitrogens with one attached hydrogen (secondary N) is 2. The molecule has 5 nitrogen and oxygen atoms in total. The molecule has 0 fully saturated rings. The van der Waals surface area contributed by atoms with E-state index < -0.39 is 0 Å². The van der Waals surface area contributed by atoms with Gasteiger partial charge < -0.3 is 5.32 Å². The molecule has 0 bridgehead atoms. The maximum absolute atomic E-state index is 11.3. The molecule has 2 N–H and O–H groups in total. The molecule has 0 radical (unpaired) electrons. The number of hydrogen-bond acceptors (Lipinski definition) is 4. The van der Waals surface area contributed by atoms with Crippen molar-refractivity contribution in [2.45, 2.75) is 34.0 Å². The molecule has 0 aromatic carbocycles. The van der Waals surface area contributed by atoms with Crippen LogP contribution in [0, 0.1) is 0 Å². The van der Waals surface area contributed by atoms with E-state index in [-0.39, 0.29) is 12.2 Å². The molecule has 1 unspecified atom stereocenters. The standard InChI is InChI=1S/C7H10N4O.C2H6/c1-4-3-6(12)11-7(8-4)9-5(2)10-11;1-2/h3,7-8H,1-2H3,(H,9,10);1-2H3. The normalized spacial score (nSPS) is 23.6. The van der Waals surface area contributed by atoms with Gasteiger partial charge in [-0.25, -0.2) is 10.0 Å². The minimum atomic E-state index is -0.262. The van der Waals surface area contributed by atoms with Crippen molar-refractivity contribution in [1.29, 1.82) is 0 Å². The summed E-state index contributed by atoms with van der Waals surface area (Å²) in [4.78, 5) is 15.5. The van der Waals surface area contributed by atoms with E-state index in [1.165, 1.54) is 11.1 Å². The van der Waals surface area contributed by atoms with Crippen LogP contribution in [0.2, 0.25) is 0 Å². The number of fused-ring (bicyclic) bond motifs is 1. The third kappa shape index (κ3) is 1.86. The van der Waals surface area contributed by atoms with Crippen LogP contribution in [0.4, 0.5) is 0 Å². The molecule has 0 aliphatic carbocycles. The molecule has 1 atom stereocenters. The first-order valence-corrected chi connectivity index (χ1v) is 4.76. The summed E-state index contributed by atoms with van der Waals surface area (Å²) in [5, 5.41) is 4.52. The summed E-state index contributed by atoms with van der Waals surface area (Å²) in [6, 6.07) is 0. The van der Waals surface area contributed by atoms with Crippen molar-refractivity contribution in [1.82, 2.24) is 15.8 Å². The predicted octanol–water partition coefficient (Wildman–Crippen LogP) is 0.568. The van der Waals surface area contributed by atoms with Gasteiger partial charge in [-0.15, -0.1) is 0 Å². The maximum atomic E-state index is 11.3. The van der Waals surface area contributed by atoms with Crippen LogP contribution in [0.15, 0.2) is 16.8 Å². The van der Waals surface area contributed by atoms with Gasteiger partial charge in [0, 0.05) is 11.8 Å².